The Balaban J connectivity index is 1.14. The highest BCUT2D eigenvalue weighted by molar-refractivity contribution is 5.81. The first kappa shape index (κ1) is 16.1. The van der Waals surface area contributed by atoms with Gasteiger partial charge in [-0.2, -0.15) is 0 Å². The molecule has 25 heavy (non-hydrogen) atoms. The lowest BCUT2D eigenvalue weighted by Crippen LogP contribution is -2.50. The maximum Gasteiger partial charge on any atom is 0.223 e. The average molecular weight is 344 g/mol. The minimum absolute atomic E-state index is 0.248. The van der Waals surface area contributed by atoms with Crippen LogP contribution in [0.2, 0.25) is 0 Å². The summed E-state index contributed by atoms with van der Waals surface area (Å²) < 4.78 is 0. The van der Waals surface area contributed by atoms with Gasteiger partial charge in [0.05, 0.1) is 0 Å². The third kappa shape index (κ3) is 3.21. The van der Waals surface area contributed by atoms with E-state index in [1.807, 2.05) is 0 Å². The normalized spacial score (nSPS) is 40.3. The Morgan fingerprint density at radius 1 is 0.880 bits per heavy atom. The number of piperidine rings is 1. The van der Waals surface area contributed by atoms with Crippen LogP contribution in [0, 0.1) is 29.1 Å². The molecular weight excluding hydrogens is 312 g/mol. The lowest BCUT2D eigenvalue weighted by molar-refractivity contribution is -0.140. The lowest BCUT2D eigenvalue weighted by Gasteiger charge is -2.57. The highest BCUT2D eigenvalue weighted by atomic mass is 16.2. The fourth-order valence-electron chi connectivity index (χ4n) is 6.88. The zero-order chi connectivity index (χ0) is 17.0. The molecule has 4 nitrogen and oxygen atoms in total. The second kappa shape index (κ2) is 5.99. The molecule has 0 aromatic carbocycles. The molecule has 6 fully saturated rings. The summed E-state index contributed by atoms with van der Waals surface area (Å²) >= 11 is 0. The van der Waals surface area contributed by atoms with Gasteiger partial charge in [-0.25, -0.2) is 0 Å². The third-order valence-electron chi connectivity index (χ3n) is 7.83. The molecule has 138 valence electrons. The van der Waals surface area contributed by atoms with Crippen molar-refractivity contribution in [3.63, 3.8) is 0 Å². The highest BCUT2D eigenvalue weighted by Crippen LogP contribution is 2.61. The third-order valence-corrected chi connectivity index (χ3v) is 7.83. The summed E-state index contributed by atoms with van der Waals surface area (Å²) in [5.74, 6) is 3.69. The molecule has 0 radical (unpaired) electrons. The number of carbonyl (C=O) groups excluding carboxylic acids is 2. The van der Waals surface area contributed by atoms with Crippen LogP contribution in [0.1, 0.15) is 70.6 Å². The fraction of sp³-hybridized carbons (Fsp3) is 0.905. The second-order valence-corrected chi connectivity index (χ2v) is 10.0. The minimum atomic E-state index is 0.248. The predicted octanol–water partition coefficient (Wildman–Crippen LogP) is 3.11. The van der Waals surface area contributed by atoms with Crippen LogP contribution >= 0.6 is 0 Å². The quantitative estimate of drug-likeness (QED) is 0.852. The summed E-state index contributed by atoms with van der Waals surface area (Å²) in [6.07, 6.45) is 13.1. The van der Waals surface area contributed by atoms with Crippen molar-refractivity contribution < 1.29 is 9.59 Å². The number of hydrogen-bond acceptors (Lipinski definition) is 2. The fourth-order valence-corrected chi connectivity index (χ4v) is 6.88. The Labute approximate surface area is 151 Å². The molecule has 2 amide bonds. The number of hydrogen-bond donors (Lipinski definition) is 1. The van der Waals surface area contributed by atoms with Gasteiger partial charge in [-0.15, -0.1) is 0 Å². The molecule has 1 N–H and O–H groups in total. The van der Waals surface area contributed by atoms with Gasteiger partial charge in [0.25, 0.3) is 0 Å². The maximum absolute atomic E-state index is 13.0. The Bertz CT molecular complexity index is 525. The van der Waals surface area contributed by atoms with Crippen LogP contribution < -0.4 is 5.32 Å². The van der Waals surface area contributed by atoms with E-state index < -0.39 is 0 Å². The summed E-state index contributed by atoms with van der Waals surface area (Å²) in [5, 5.41) is 3.19. The summed E-state index contributed by atoms with van der Waals surface area (Å²) in [6.45, 7) is 1.67. The van der Waals surface area contributed by atoms with E-state index in [1.165, 1.54) is 38.5 Å². The molecule has 1 saturated heterocycles. The minimum Gasteiger partial charge on any atom is -0.353 e. The van der Waals surface area contributed by atoms with Gasteiger partial charge in [-0.05, 0) is 87.4 Å². The van der Waals surface area contributed by atoms with Gasteiger partial charge in [0, 0.05) is 31.5 Å². The Morgan fingerprint density at radius 3 is 1.96 bits per heavy atom. The molecule has 6 rings (SSSR count). The first-order valence-corrected chi connectivity index (χ1v) is 10.7. The highest BCUT2D eigenvalue weighted by Gasteiger charge is 2.51. The molecule has 6 aliphatic rings. The zero-order valence-electron chi connectivity index (χ0n) is 15.3. The Kier molecular flexibility index (Phi) is 3.87. The van der Waals surface area contributed by atoms with E-state index >= 15 is 0 Å². The average Bonchev–Trinajstić information content (AvgIpc) is 3.38. The van der Waals surface area contributed by atoms with Gasteiger partial charge in [0.15, 0.2) is 0 Å². The molecule has 0 aromatic rings. The molecular formula is C21H32N2O2. The van der Waals surface area contributed by atoms with Gasteiger partial charge in [0.1, 0.15) is 0 Å². The topological polar surface area (TPSA) is 49.4 Å². The van der Waals surface area contributed by atoms with Gasteiger partial charge in [-0.1, -0.05) is 0 Å². The Hall–Kier alpha value is -1.06. The number of likely N-dealkylation sites (tertiary alicyclic amines) is 1. The van der Waals surface area contributed by atoms with E-state index in [0.717, 1.165) is 62.9 Å². The van der Waals surface area contributed by atoms with Crippen LogP contribution in [0.25, 0.3) is 0 Å². The van der Waals surface area contributed by atoms with Crippen LogP contribution in [0.15, 0.2) is 0 Å². The smallest absolute Gasteiger partial charge is 0.223 e. The lowest BCUT2D eigenvalue weighted by atomic mass is 9.49. The molecule has 4 bridgehead atoms. The molecule has 1 heterocycles. The van der Waals surface area contributed by atoms with Crippen molar-refractivity contribution >= 4 is 11.8 Å². The molecule has 5 saturated carbocycles. The summed E-state index contributed by atoms with van der Waals surface area (Å²) in [6, 6.07) is 0.289. The number of nitrogens with one attached hydrogen (secondary N) is 1. The first-order valence-electron chi connectivity index (χ1n) is 10.7. The van der Waals surface area contributed by atoms with Crippen LogP contribution in [0.4, 0.5) is 0 Å². The van der Waals surface area contributed by atoms with Gasteiger partial charge >= 0.3 is 0 Å². The molecule has 0 unspecified atom stereocenters. The molecule has 0 atom stereocenters. The number of nitrogens with zero attached hydrogens (tertiary/aromatic N) is 1. The van der Waals surface area contributed by atoms with Crippen molar-refractivity contribution in [1.29, 1.82) is 0 Å². The Morgan fingerprint density at radius 2 is 1.44 bits per heavy atom. The first-order chi connectivity index (χ1) is 12.1. The molecule has 5 aliphatic carbocycles. The predicted molar refractivity (Wildman–Crippen MR) is 95.7 cm³/mol. The molecule has 0 aromatic heterocycles. The zero-order valence-corrected chi connectivity index (χ0v) is 15.3. The van der Waals surface area contributed by atoms with Crippen molar-refractivity contribution in [2.75, 3.05) is 13.1 Å². The van der Waals surface area contributed by atoms with Gasteiger partial charge in [0.2, 0.25) is 11.8 Å². The van der Waals surface area contributed by atoms with Crippen molar-refractivity contribution in [1.82, 2.24) is 10.2 Å². The number of rotatable bonds is 4. The van der Waals surface area contributed by atoms with Crippen LogP contribution in [-0.2, 0) is 9.59 Å². The second-order valence-electron chi connectivity index (χ2n) is 10.0. The summed E-state index contributed by atoms with van der Waals surface area (Å²) in [4.78, 5) is 27.0. The van der Waals surface area contributed by atoms with Crippen LogP contribution in [-0.4, -0.2) is 35.8 Å². The van der Waals surface area contributed by atoms with E-state index in [1.54, 1.807) is 0 Å². The van der Waals surface area contributed by atoms with Crippen molar-refractivity contribution in [3.8, 4) is 0 Å². The van der Waals surface area contributed by atoms with Crippen molar-refractivity contribution in [3.05, 3.63) is 0 Å². The largest absolute Gasteiger partial charge is 0.353 e. The number of carbonyl (C=O) groups is 2. The van der Waals surface area contributed by atoms with Crippen LogP contribution in [0.5, 0.6) is 0 Å². The maximum atomic E-state index is 13.0. The SMILES string of the molecule is O=C(NC1CCN(C(=O)CC23CC4CC(CC(C4)C2)C3)CC1)C1CC1. The molecule has 0 spiro atoms. The van der Waals surface area contributed by atoms with E-state index in [4.69, 9.17) is 0 Å². The molecule has 1 aliphatic heterocycles. The standard InChI is InChI=1S/C21H32N2O2/c24-19(13-21-10-14-7-15(11-21)9-16(8-14)12-21)23-5-3-18(4-6-23)22-20(25)17-1-2-17/h14-18H,1-13H2,(H,22,25). The van der Waals surface area contributed by atoms with E-state index in [-0.39, 0.29) is 17.9 Å². The summed E-state index contributed by atoms with van der Waals surface area (Å²) in [5.41, 5.74) is 0.350. The van der Waals surface area contributed by atoms with Crippen molar-refractivity contribution in [2.45, 2.75) is 76.7 Å². The number of amides is 2. The monoisotopic (exact) mass is 344 g/mol. The van der Waals surface area contributed by atoms with Crippen LogP contribution in [0.3, 0.4) is 0 Å². The van der Waals surface area contributed by atoms with Gasteiger partial charge in [-0.3, -0.25) is 9.59 Å². The van der Waals surface area contributed by atoms with E-state index in [0.29, 0.717) is 11.3 Å². The van der Waals surface area contributed by atoms with E-state index in [2.05, 4.69) is 10.2 Å². The van der Waals surface area contributed by atoms with Gasteiger partial charge < -0.3 is 10.2 Å². The van der Waals surface area contributed by atoms with Crippen molar-refractivity contribution in [2.24, 2.45) is 29.1 Å². The van der Waals surface area contributed by atoms with E-state index in [9.17, 15) is 9.59 Å². The molecule has 4 heteroatoms. The summed E-state index contributed by atoms with van der Waals surface area (Å²) in [7, 11) is 0.